The summed E-state index contributed by atoms with van der Waals surface area (Å²) in [5, 5.41) is 6.83. The van der Waals surface area contributed by atoms with Crippen LogP contribution in [0.25, 0.3) is 0 Å². The number of carbonyl (C=O) groups excluding carboxylic acids is 1. The van der Waals surface area contributed by atoms with Crippen molar-refractivity contribution < 1.29 is 9.53 Å². The summed E-state index contributed by atoms with van der Waals surface area (Å²) in [6, 6.07) is 0. The third-order valence-corrected chi connectivity index (χ3v) is 4.98. The molecule has 2 N–H and O–H groups in total. The SMILES string of the molecule is CCCC(C)CNC1(CNC(=O)OC(C)(C)C)CCCCC1C. The molecule has 1 aliphatic rings. The summed E-state index contributed by atoms with van der Waals surface area (Å²) in [6.45, 7) is 14.2. The average Bonchev–Trinajstić information content (AvgIpc) is 2.44. The predicted molar refractivity (Wildman–Crippen MR) is 96.7 cm³/mol. The second kappa shape index (κ2) is 8.91. The quantitative estimate of drug-likeness (QED) is 0.725. The number of hydrogen-bond donors (Lipinski definition) is 2. The molecule has 1 saturated carbocycles. The maximum Gasteiger partial charge on any atom is 0.407 e. The van der Waals surface area contributed by atoms with E-state index in [2.05, 4.69) is 31.4 Å². The van der Waals surface area contributed by atoms with Crippen LogP contribution in [0.1, 0.15) is 80.1 Å². The second-order valence-electron chi connectivity index (χ2n) is 8.43. The molecule has 1 fully saturated rings. The Morgan fingerprint density at radius 3 is 2.61 bits per heavy atom. The van der Waals surface area contributed by atoms with Gasteiger partial charge in [0, 0.05) is 12.1 Å². The van der Waals surface area contributed by atoms with E-state index in [0.717, 1.165) is 13.0 Å². The van der Waals surface area contributed by atoms with E-state index in [9.17, 15) is 4.79 Å². The number of amides is 1. The third-order valence-electron chi connectivity index (χ3n) is 4.98. The number of hydrogen-bond acceptors (Lipinski definition) is 3. The van der Waals surface area contributed by atoms with E-state index in [1.165, 1.54) is 32.1 Å². The second-order valence-corrected chi connectivity index (χ2v) is 8.43. The van der Waals surface area contributed by atoms with Crippen LogP contribution in [0.2, 0.25) is 0 Å². The summed E-state index contributed by atoms with van der Waals surface area (Å²) < 4.78 is 5.40. The fourth-order valence-corrected chi connectivity index (χ4v) is 3.52. The van der Waals surface area contributed by atoms with Crippen molar-refractivity contribution in [3.8, 4) is 0 Å². The van der Waals surface area contributed by atoms with Gasteiger partial charge in [-0.1, -0.05) is 40.0 Å². The summed E-state index contributed by atoms with van der Waals surface area (Å²) >= 11 is 0. The third kappa shape index (κ3) is 7.11. The standard InChI is InChI=1S/C19H38N2O2/c1-7-10-15(2)13-21-19(12-9-8-11-16(19)3)14-20-17(22)23-18(4,5)6/h15-16,21H,7-14H2,1-6H3,(H,20,22). The van der Waals surface area contributed by atoms with Gasteiger partial charge in [0.05, 0.1) is 0 Å². The molecular weight excluding hydrogens is 288 g/mol. The molecule has 23 heavy (non-hydrogen) atoms. The van der Waals surface area contributed by atoms with Gasteiger partial charge in [-0.05, 0) is 58.4 Å². The first-order chi connectivity index (χ1) is 10.7. The van der Waals surface area contributed by atoms with Crippen LogP contribution < -0.4 is 10.6 Å². The minimum absolute atomic E-state index is 0.0111. The monoisotopic (exact) mass is 326 g/mol. The first kappa shape index (κ1) is 20.3. The van der Waals surface area contributed by atoms with Crippen molar-refractivity contribution in [2.45, 2.75) is 91.2 Å². The zero-order valence-electron chi connectivity index (χ0n) is 16.1. The molecule has 3 unspecified atom stereocenters. The lowest BCUT2D eigenvalue weighted by molar-refractivity contribution is 0.0478. The summed E-state index contributed by atoms with van der Waals surface area (Å²) in [4.78, 5) is 12.0. The zero-order chi connectivity index (χ0) is 17.5. The lowest BCUT2D eigenvalue weighted by atomic mass is 9.73. The summed E-state index contributed by atoms with van der Waals surface area (Å²) in [6.07, 6.45) is 7.04. The smallest absolute Gasteiger partial charge is 0.407 e. The van der Waals surface area contributed by atoms with Crippen LogP contribution in [-0.4, -0.2) is 30.3 Å². The van der Waals surface area contributed by atoms with Crippen molar-refractivity contribution in [3.05, 3.63) is 0 Å². The summed E-state index contributed by atoms with van der Waals surface area (Å²) in [7, 11) is 0. The number of ether oxygens (including phenoxy) is 1. The van der Waals surface area contributed by atoms with Gasteiger partial charge < -0.3 is 15.4 Å². The lowest BCUT2D eigenvalue weighted by Crippen LogP contribution is -2.60. The highest BCUT2D eigenvalue weighted by atomic mass is 16.6. The van der Waals surface area contributed by atoms with Gasteiger partial charge in [-0.15, -0.1) is 0 Å². The van der Waals surface area contributed by atoms with Gasteiger partial charge in [-0.25, -0.2) is 4.79 Å². The van der Waals surface area contributed by atoms with Gasteiger partial charge in [0.25, 0.3) is 0 Å². The maximum atomic E-state index is 12.0. The van der Waals surface area contributed by atoms with E-state index < -0.39 is 5.60 Å². The Morgan fingerprint density at radius 2 is 2.04 bits per heavy atom. The van der Waals surface area contributed by atoms with Crippen LogP contribution in [0.3, 0.4) is 0 Å². The fraction of sp³-hybridized carbons (Fsp3) is 0.947. The molecule has 1 amide bonds. The van der Waals surface area contributed by atoms with Gasteiger partial charge in [-0.3, -0.25) is 0 Å². The molecule has 4 heteroatoms. The topological polar surface area (TPSA) is 50.4 Å². The zero-order valence-corrected chi connectivity index (χ0v) is 16.1. The molecule has 0 saturated heterocycles. The van der Waals surface area contributed by atoms with Crippen molar-refractivity contribution in [1.29, 1.82) is 0 Å². The molecule has 0 aromatic rings. The van der Waals surface area contributed by atoms with Crippen LogP contribution in [0, 0.1) is 11.8 Å². The molecule has 3 atom stereocenters. The Bertz CT molecular complexity index is 365. The minimum atomic E-state index is -0.446. The molecule has 0 bridgehead atoms. The van der Waals surface area contributed by atoms with Crippen LogP contribution in [0.5, 0.6) is 0 Å². The van der Waals surface area contributed by atoms with Gasteiger partial charge in [0.15, 0.2) is 0 Å². The molecule has 4 nitrogen and oxygen atoms in total. The Hall–Kier alpha value is -0.770. The van der Waals surface area contributed by atoms with E-state index in [0.29, 0.717) is 18.4 Å². The molecule has 0 aromatic carbocycles. The van der Waals surface area contributed by atoms with Gasteiger partial charge in [0.1, 0.15) is 5.60 Å². The van der Waals surface area contributed by atoms with Crippen LogP contribution in [0.4, 0.5) is 4.79 Å². The molecular formula is C19H38N2O2. The number of alkyl carbamates (subject to hydrolysis) is 1. The largest absolute Gasteiger partial charge is 0.444 e. The molecule has 0 spiro atoms. The summed E-state index contributed by atoms with van der Waals surface area (Å²) in [5.74, 6) is 1.24. The molecule has 0 radical (unpaired) electrons. The van der Waals surface area contributed by atoms with Crippen molar-refractivity contribution in [2.24, 2.45) is 11.8 Å². The van der Waals surface area contributed by atoms with E-state index in [1.807, 2.05) is 20.8 Å². The van der Waals surface area contributed by atoms with Crippen molar-refractivity contribution in [2.75, 3.05) is 13.1 Å². The molecule has 1 rings (SSSR count). The van der Waals surface area contributed by atoms with Crippen molar-refractivity contribution in [1.82, 2.24) is 10.6 Å². The number of nitrogens with one attached hydrogen (secondary N) is 2. The first-order valence-corrected chi connectivity index (χ1v) is 9.40. The lowest BCUT2D eigenvalue weighted by Gasteiger charge is -2.44. The molecule has 136 valence electrons. The van der Waals surface area contributed by atoms with Crippen LogP contribution >= 0.6 is 0 Å². The molecule has 0 aromatic heterocycles. The molecule has 0 aliphatic heterocycles. The van der Waals surface area contributed by atoms with Crippen molar-refractivity contribution in [3.63, 3.8) is 0 Å². The average molecular weight is 327 g/mol. The Balaban J connectivity index is 2.63. The molecule has 1 aliphatic carbocycles. The normalized spacial score (nSPS) is 26.6. The van der Waals surface area contributed by atoms with E-state index in [1.54, 1.807) is 0 Å². The Kier molecular flexibility index (Phi) is 7.85. The number of rotatable bonds is 7. The predicted octanol–water partition coefficient (Wildman–Crippen LogP) is 4.49. The van der Waals surface area contributed by atoms with Gasteiger partial charge in [0.2, 0.25) is 0 Å². The Morgan fingerprint density at radius 1 is 1.35 bits per heavy atom. The minimum Gasteiger partial charge on any atom is -0.444 e. The molecule has 0 heterocycles. The van der Waals surface area contributed by atoms with Gasteiger partial charge in [-0.2, -0.15) is 0 Å². The van der Waals surface area contributed by atoms with Crippen LogP contribution in [0.15, 0.2) is 0 Å². The van der Waals surface area contributed by atoms with E-state index >= 15 is 0 Å². The summed E-state index contributed by atoms with van der Waals surface area (Å²) in [5.41, 5.74) is -0.435. The van der Waals surface area contributed by atoms with Gasteiger partial charge >= 0.3 is 6.09 Å². The van der Waals surface area contributed by atoms with Crippen LogP contribution in [-0.2, 0) is 4.74 Å². The highest BCUT2D eigenvalue weighted by Gasteiger charge is 2.38. The first-order valence-electron chi connectivity index (χ1n) is 9.40. The van der Waals surface area contributed by atoms with E-state index in [-0.39, 0.29) is 11.6 Å². The van der Waals surface area contributed by atoms with E-state index in [4.69, 9.17) is 4.74 Å². The Labute approximate surface area is 143 Å². The number of carbonyl (C=O) groups is 1. The highest BCUT2D eigenvalue weighted by molar-refractivity contribution is 5.67. The maximum absolute atomic E-state index is 12.0. The highest BCUT2D eigenvalue weighted by Crippen LogP contribution is 2.33. The fourth-order valence-electron chi connectivity index (χ4n) is 3.52. The van der Waals surface area contributed by atoms with Crippen molar-refractivity contribution >= 4 is 6.09 Å².